The molecule has 6 rings (SSSR count). The number of hydrogen-bond acceptors (Lipinski definition) is 6. The van der Waals surface area contributed by atoms with Gasteiger partial charge < -0.3 is 19.1 Å². The van der Waals surface area contributed by atoms with Crippen LogP contribution < -0.4 is 0 Å². The minimum Gasteiger partial charge on any atom is -0.384 e. The standard InChI is InChI=1S/C24H24BrN5O2/c1-30-11-13(12-31-2)6-17-16-4-3-5-19-21(16)18(8-20(17)30)22(27-19)23-28-24(32-29-23)14-7-15(25)10-26-9-14/h3-5,7,9-10,13,17,20,27H,6,8,11-12H2,1-2H3/t13-,17?,20-/m1/s1. The van der Waals surface area contributed by atoms with Crippen molar-refractivity contribution in [1.82, 2.24) is 25.0 Å². The quantitative estimate of drug-likeness (QED) is 0.445. The summed E-state index contributed by atoms with van der Waals surface area (Å²) in [6, 6.07) is 8.97. The van der Waals surface area contributed by atoms with E-state index < -0.39 is 0 Å². The van der Waals surface area contributed by atoms with Crippen LogP contribution in [0.4, 0.5) is 0 Å². The average Bonchev–Trinajstić information content (AvgIpc) is 3.41. The number of pyridine rings is 1. The summed E-state index contributed by atoms with van der Waals surface area (Å²) in [5.41, 5.74) is 5.59. The fourth-order valence-corrected chi connectivity index (χ4v) is 6.02. The van der Waals surface area contributed by atoms with Crippen molar-refractivity contribution in [3.63, 3.8) is 0 Å². The van der Waals surface area contributed by atoms with Gasteiger partial charge in [-0.05, 0) is 65.0 Å². The van der Waals surface area contributed by atoms with Gasteiger partial charge in [0.2, 0.25) is 5.82 Å². The number of likely N-dealkylation sites (N-methyl/N-ethyl adjacent to an activating group) is 1. The number of hydrogen-bond donors (Lipinski definition) is 1. The second-order valence-corrected chi connectivity index (χ2v) is 9.85. The molecule has 0 spiro atoms. The van der Waals surface area contributed by atoms with Crippen molar-refractivity contribution in [2.24, 2.45) is 5.92 Å². The van der Waals surface area contributed by atoms with Gasteiger partial charge >= 0.3 is 0 Å². The van der Waals surface area contributed by atoms with Crippen LogP contribution in [0.5, 0.6) is 0 Å². The third-order valence-corrected chi connectivity index (χ3v) is 7.37. The maximum atomic E-state index is 5.61. The van der Waals surface area contributed by atoms with Gasteiger partial charge in [-0.2, -0.15) is 4.98 Å². The Bertz CT molecular complexity index is 1300. The molecule has 0 saturated carbocycles. The van der Waals surface area contributed by atoms with Gasteiger partial charge in [0.25, 0.3) is 5.89 Å². The average molecular weight is 494 g/mol. The van der Waals surface area contributed by atoms with E-state index >= 15 is 0 Å². The molecule has 1 unspecified atom stereocenters. The highest BCUT2D eigenvalue weighted by Crippen LogP contribution is 2.46. The fraction of sp³-hybridized carbons (Fsp3) is 0.375. The predicted molar refractivity (Wildman–Crippen MR) is 125 cm³/mol. The number of rotatable bonds is 4. The highest BCUT2D eigenvalue weighted by atomic mass is 79.9. The van der Waals surface area contributed by atoms with Crippen molar-refractivity contribution in [2.75, 3.05) is 27.3 Å². The Morgan fingerprint density at radius 3 is 3.06 bits per heavy atom. The lowest BCUT2D eigenvalue weighted by Crippen LogP contribution is -2.48. The molecule has 4 aromatic rings. The number of aromatic nitrogens is 4. The van der Waals surface area contributed by atoms with E-state index in [-0.39, 0.29) is 0 Å². The van der Waals surface area contributed by atoms with Crippen molar-refractivity contribution in [3.05, 3.63) is 52.3 Å². The van der Waals surface area contributed by atoms with E-state index in [1.165, 1.54) is 16.5 Å². The zero-order valence-corrected chi connectivity index (χ0v) is 19.6. The van der Waals surface area contributed by atoms with E-state index in [0.29, 0.717) is 29.6 Å². The van der Waals surface area contributed by atoms with Crippen LogP contribution in [-0.4, -0.2) is 58.4 Å². The number of fused-ring (bicyclic) bond motifs is 2. The first-order valence-corrected chi connectivity index (χ1v) is 11.7. The van der Waals surface area contributed by atoms with E-state index in [1.807, 2.05) is 6.07 Å². The van der Waals surface area contributed by atoms with E-state index in [4.69, 9.17) is 14.2 Å². The molecule has 0 bridgehead atoms. The third kappa shape index (κ3) is 3.20. The number of methoxy groups -OCH3 is 1. The first kappa shape index (κ1) is 20.1. The van der Waals surface area contributed by atoms with Gasteiger partial charge in [-0.15, -0.1) is 0 Å². The van der Waals surface area contributed by atoms with Gasteiger partial charge in [-0.1, -0.05) is 17.3 Å². The molecule has 3 aromatic heterocycles. The van der Waals surface area contributed by atoms with Crippen LogP contribution in [-0.2, 0) is 11.2 Å². The first-order chi connectivity index (χ1) is 15.6. The van der Waals surface area contributed by atoms with E-state index in [9.17, 15) is 0 Å². The van der Waals surface area contributed by atoms with Crippen molar-refractivity contribution in [2.45, 2.75) is 24.8 Å². The smallest absolute Gasteiger partial charge is 0.259 e. The lowest BCUT2D eigenvalue weighted by Gasteiger charge is -2.45. The summed E-state index contributed by atoms with van der Waals surface area (Å²) >= 11 is 3.45. The zero-order valence-electron chi connectivity index (χ0n) is 18.0. The van der Waals surface area contributed by atoms with Gasteiger partial charge in [-0.25, -0.2) is 0 Å². The molecule has 0 amide bonds. The summed E-state index contributed by atoms with van der Waals surface area (Å²) in [5, 5.41) is 5.64. The fourth-order valence-electron chi connectivity index (χ4n) is 5.66. The second-order valence-electron chi connectivity index (χ2n) is 8.94. The molecule has 2 aliphatic rings. The third-order valence-electron chi connectivity index (χ3n) is 6.94. The molecule has 0 radical (unpaired) electrons. The van der Waals surface area contributed by atoms with Crippen molar-refractivity contribution < 1.29 is 9.26 Å². The molecule has 164 valence electrons. The lowest BCUT2D eigenvalue weighted by atomic mass is 9.72. The van der Waals surface area contributed by atoms with Crippen molar-refractivity contribution in [1.29, 1.82) is 0 Å². The molecule has 1 N–H and O–H groups in total. The number of likely N-dealkylation sites (tertiary alicyclic amines) is 1. The number of halogens is 1. The number of benzene rings is 1. The number of nitrogens with one attached hydrogen (secondary N) is 1. The summed E-state index contributed by atoms with van der Waals surface area (Å²) in [5.74, 6) is 2.11. The highest BCUT2D eigenvalue weighted by molar-refractivity contribution is 9.10. The SMILES string of the molecule is COC[C@@H]1CC2c3cccc4[nH]c(-c5noc(-c6cncc(Br)c6)n5)c(c34)C[C@H]2N(C)C1. The molecule has 3 atom stereocenters. The van der Waals surface area contributed by atoms with Crippen LogP contribution in [0.3, 0.4) is 0 Å². The number of piperidine rings is 1. The van der Waals surface area contributed by atoms with Crippen molar-refractivity contribution in [3.8, 4) is 23.0 Å². The Hall–Kier alpha value is -2.55. The topological polar surface area (TPSA) is 80.1 Å². The number of ether oxygens (including phenoxy) is 1. The summed E-state index contributed by atoms with van der Waals surface area (Å²) in [6.07, 6.45) is 5.59. The molecule has 1 saturated heterocycles. The molecule has 4 heterocycles. The van der Waals surface area contributed by atoms with E-state index in [2.05, 4.69) is 61.2 Å². The molecule has 1 aliphatic carbocycles. The minimum atomic E-state index is 0.455. The van der Waals surface area contributed by atoms with Crippen LogP contribution >= 0.6 is 15.9 Å². The molecule has 1 aromatic carbocycles. The number of aromatic amines is 1. The predicted octanol–water partition coefficient (Wildman–Crippen LogP) is 4.65. The van der Waals surface area contributed by atoms with Crippen LogP contribution in [0.25, 0.3) is 33.9 Å². The first-order valence-electron chi connectivity index (χ1n) is 10.9. The summed E-state index contributed by atoms with van der Waals surface area (Å²) < 4.78 is 12.0. The van der Waals surface area contributed by atoms with Crippen LogP contribution in [0.2, 0.25) is 0 Å². The molecule has 1 fully saturated rings. The number of H-pyrrole nitrogens is 1. The Labute approximate surface area is 194 Å². The normalized spacial score (nSPS) is 22.9. The Morgan fingerprint density at radius 1 is 1.31 bits per heavy atom. The highest BCUT2D eigenvalue weighted by Gasteiger charge is 2.40. The van der Waals surface area contributed by atoms with Gasteiger partial charge in [-0.3, -0.25) is 4.98 Å². The van der Waals surface area contributed by atoms with Gasteiger partial charge in [0.05, 0.1) is 17.9 Å². The minimum absolute atomic E-state index is 0.455. The number of nitrogens with zero attached hydrogens (tertiary/aromatic N) is 4. The van der Waals surface area contributed by atoms with Gasteiger partial charge in [0.1, 0.15) is 0 Å². The second kappa shape index (κ2) is 7.79. The van der Waals surface area contributed by atoms with Crippen LogP contribution in [0.15, 0.2) is 45.7 Å². The van der Waals surface area contributed by atoms with Gasteiger partial charge in [0, 0.05) is 53.4 Å². The monoisotopic (exact) mass is 493 g/mol. The molecule has 32 heavy (non-hydrogen) atoms. The molecular weight excluding hydrogens is 470 g/mol. The van der Waals surface area contributed by atoms with E-state index in [1.54, 1.807) is 19.5 Å². The summed E-state index contributed by atoms with van der Waals surface area (Å²) in [7, 11) is 4.04. The Morgan fingerprint density at radius 2 is 2.22 bits per heavy atom. The van der Waals surface area contributed by atoms with Crippen molar-refractivity contribution >= 4 is 26.8 Å². The maximum absolute atomic E-state index is 5.61. The Kier molecular flexibility index (Phi) is 4.89. The molecule has 1 aliphatic heterocycles. The Balaban J connectivity index is 1.44. The van der Waals surface area contributed by atoms with E-state index in [0.717, 1.165) is 47.2 Å². The van der Waals surface area contributed by atoms with Crippen LogP contribution in [0, 0.1) is 5.92 Å². The lowest BCUT2D eigenvalue weighted by molar-refractivity contribution is 0.0587. The molecule has 7 nitrogen and oxygen atoms in total. The zero-order chi connectivity index (χ0) is 21.8. The maximum Gasteiger partial charge on any atom is 0.259 e. The molecule has 8 heteroatoms. The van der Waals surface area contributed by atoms with Crippen LogP contribution in [0.1, 0.15) is 23.5 Å². The summed E-state index contributed by atoms with van der Waals surface area (Å²) in [4.78, 5) is 15.0. The summed E-state index contributed by atoms with van der Waals surface area (Å²) in [6.45, 7) is 1.87. The largest absolute Gasteiger partial charge is 0.384 e. The van der Waals surface area contributed by atoms with Gasteiger partial charge in [0.15, 0.2) is 0 Å². The molecular formula is C24H24BrN5O2.